The van der Waals surface area contributed by atoms with Gasteiger partial charge in [0.25, 0.3) is 5.91 Å². The number of amides is 2. The molecule has 35 heavy (non-hydrogen) atoms. The summed E-state index contributed by atoms with van der Waals surface area (Å²) in [5.74, 6) is 1.24. The molecule has 9 nitrogen and oxygen atoms in total. The van der Waals surface area contributed by atoms with Crippen LogP contribution in [-0.2, 0) is 4.79 Å². The Kier molecular flexibility index (Phi) is 8.18. The highest BCUT2D eigenvalue weighted by Crippen LogP contribution is 2.35. The zero-order chi connectivity index (χ0) is 25.4. The predicted molar refractivity (Wildman–Crippen MR) is 136 cm³/mol. The van der Waals surface area contributed by atoms with E-state index >= 15 is 0 Å². The maximum absolute atomic E-state index is 12.6. The second-order valence-electron chi connectivity index (χ2n) is 7.26. The van der Waals surface area contributed by atoms with E-state index in [0.717, 1.165) is 0 Å². The fourth-order valence-corrected chi connectivity index (χ4v) is 3.25. The first-order chi connectivity index (χ1) is 16.9. The van der Waals surface area contributed by atoms with Gasteiger partial charge in [0.15, 0.2) is 0 Å². The van der Waals surface area contributed by atoms with Gasteiger partial charge in [-0.05, 0) is 48.5 Å². The fraction of sp³-hybridized carbons (Fsp3) is 0.154. The van der Waals surface area contributed by atoms with E-state index in [2.05, 4.69) is 10.6 Å². The zero-order valence-corrected chi connectivity index (χ0v) is 19.9. The van der Waals surface area contributed by atoms with Crippen molar-refractivity contribution in [2.45, 2.75) is 0 Å². The molecule has 0 aromatic heterocycles. The molecule has 0 aliphatic carbocycles. The van der Waals surface area contributed by atoms with Crippen LogP contribution in [0.3, 0.4) is 0 Å². The zero-order valence-electron chi connectivity index (χ0n) is 19.9. The summed E-state index contributed by atoms with van der Waals surface area (Å²) in [5, 5.41) is 5.56. The maximum Gasteiger partial charge on any atom is 0.255 e. The maximum atomic E-state index is 12.6. The van der Waals surface area contributed by atoms with Gasteiger partial charge < -0.3 is 35.3 Å². The largest absolute Gasteiger partial charge is 0.496 e. The molecule has 0 radical (unpaired) electrons. The minimum absolute atomic E-state index is 0.342. The van der Waals surface area contributed by atoms with E-state index in [4.69, 9.17) is 24.7 Å². The number of rotatable bonds is 9. The van der Waals surface area contributed by atoms with E-state index in [1.54, 1.807) is 67.8 Å². The lowest BCUT2D eigenvalue weighted by Crippen LogP contribution is -2.13. The molecule has 3 aromatic rings. The SMILES string of the molecule is COc1cc(OC)c(/C=C/C(=O)Nc2ccc(OC)c(NC(=O)c3ccc(N)cc3)c2)c(OC)c1. The number of hydrogen-bond donors (Lipinski definition) is 3. The van der Waals surface area contributed by atoms with Crippen molar-refractivity contribution in [2.75, 3.05) is 44.8 Å². The van der Waals surface area contributed by atoms with Gasteiger partial charge in [0, 0.05) is 35.1 Å². The molecule has 0 fully saturated rings. The van der Waals surface area contributed by atoms with Crippen molar-refractivity contribution in [3.05, 3.63) is 71.8 Å². The summed E-state index contributed by atoms with van der Waals surface area (Å²) in [6.07, 6.45) is 2.93. The Morgan fingerprint density at radius 1 is 0.771 bits per heavy atom. The van der Waals surface area contributed by atoms with Crippen molar-refractivity contribution in [1.82, 2.24) is 0 Å². The third-order valence-corrected chi connectivity index (χ3v) is 5.04. The van der Waals surface area contributed by atoms with Gasteiger partial charge in [0.1, 0.15) is 23.0 Å². The number of anilines is 3. The average Bonchev–Trinajstić information content (AvgIpc) is 2.87. The molecule has 2 amide bonds. The van der Waals surface area contributed by atoms with E-state index in [9.17, 15) is 9.59 Å². The predicted octanol–water partition coefficient (Wildman–Crippen LogP) is 4.21. The van der Waals surface area contributed by atoms with E-state index < -0.39 is 5.91 Å². The van der Waals surface area contributed by atoms with E-state index in [0.29, 0.717) is 51.2 Å². The van der Waals surface area contributed by atoms with E-state index in [1.807, 2.05) is 0 Å². The van der Waals surface area contributed by atoms with Crippen molar-refractivity contribution in [3.8, 4) is 23.0 Å². The Hall–Kier alpha value is -4.66. The molecule has 9 heteroatoms. The normalized spacial score (nSPS) is 10.5. The number of ether oxygens (including phenoxy) is 4. The Labute approximate surface area is 203 Å². The van der Waals surface area contributed by atoms with Crippen molar-refractivity contribution >= 4 is 35.0 Å². The van der Waals surface area contributed by atoms with Crippen LogP contribution in [0.5, 0.6) is 23.0 Å². The summed E-state index contributed by atoms with van der Waals surface area (Å²) in [6, 6.07) is 14.8. The van der Waals surface area contributed by atoms with Gasteiger partial charge in [0.05, 0.1) is 39.7 Å². The molecule has 0 heterocycles. The standard InChI is InChI=1S/C26H27N3O6/c1-32-19-14-23(34-3)20(24(15-19)35-4)10-12-25(30)28-18-9-11-22(33-2)21(13-18)29-26(31)16-5-7-17(27)8-6-16/h5-15H,27H2,1-4H3,(H,28,30)(H,29,31)/b12-10+. The fourth-order valence-electron chi connectivity index (χ4n) is 3.25. The first-order valence-electron chi connectivity index (χ1n) is 10.5. The number of carbonyl (C=O) groups is 2. The molecule has 3 rings (SSSR count). The van der Waals surface area contributed by atoms with Crippen LogP contribution in [0.25, 0.3) is 6.08 Å². The summed E-state index contributed by atoms with van der Waals surface area (Å²) in [4.78, 5) is 25.2. The average molecular weight is 478 g/mol. The molecule has 0 saturated heterocycles. The number of nitrogens with one attached hydrogen (secondary N) is 2. The Morgan fingerprint density at radius 3 is 1.97 bits per heavy atom. The Balaban J connectivity index is 1.78. The molecule has 182 valence electrons. The van der Waals surface area contributed by atoms with Gasteiger partial charge in [-0.1, -0.05) is 0 Å². The van der Waals surface area contributed by atoms with Crippen LogP contribution in [0.2, 0.25) is 0 Å². The molecule has 0 aliphatic heterocycles. The molecular weight excluding hydrogens is 450 g/mol. The van der Waals surface area contributed by atoms with Crippen molar-refractivity contribution < 1.29 is 28.5 Å². The number of nitrogens with two attached hydrogens (primary N) is 1. The molecule has 0 bridgehead atoms. The first-order valence-corrected chi connectivity index (χ1v) is 10.5. The molecular formula is C26H27N3O6. The van der Waals surface area contributed by atoms with Crippen LogP contribution in [0.1, 0.15) is 15.9 Å². The molecule has 0 spiro atoms. The van der Waals surface area contributed by atoms with Crippen molar-refractivity contribution in [1.29, 1.82) is 0 Å². The molecule has 0 unspecified atom stereocenters. The third-order valence-electron chi connectivity index (χ3n) is 5.04. The van der Waals surface area contributed by atoms with Gasteiger partial charge in [-0.25, -0.2) is 0 Å². The van der Waals surface area contributed by atoms with Crippen LogP contribution in [0.15, 0.2) is 60.7 Å². The molecule has 0 atom stereocenters. The van der Waals surface area contributed by atoms with Crippen molar-refractivity contribution in [3.63, 3.8) is 0 Å². The third kappa shape index (κ3) is 6.23. The molecule has 4 N–H and O–H groups in total. The van der Waals surface area contributed by atoms with Gasteiger partial charge >= 0.3 is 0 Å². The van der Waals surface area contributed by atoms with Crippen LogP contribution >= 0.6 is 0 Å². The lowest BCUT2D eigenvalue weighted by Gasteiger charge is -2.13. The van der Waals surface area contributed by atoms with Crippen LogP contribution in [-0.4, -0.2) is 40.3 Å². The Morgan fingerprint density at radius 2 is 1.40 bits per heavy atom. The van der Waals surface area contributed by atoms with Gasteiger partial charge in [0.2, 0.25) is 5.91 Å². The molecule has 0 saturated carbocycles. The van der Waals surface area contributed by atoms with Crippen LogP contribution in [0.4, 0.5) is 17.1 Å². The minimum Gasteiger partial charge on any atom is -0.496 e. The number of nitrogen functional groups attached to an aromatic ring is 1. The Bertz CT molecular complexity index is 1210. The van der Waals surface area contributed by atoms with Crippen LogP contribution in [0, 0.1) is 0 Å². The van der Waals surface area contributed by atoms with Gasteiger partial charge in [-0.15, -0.1) is 0 Å². The summed E-state index contributed by atoms with van der Waals surface area (Å²) in [5.41, 5.74) is 8.11. The first kappa shape index (κ1) is 25.0. The summed E-state index contributed by atoms with van der Waals surface area (Å²) >= 11 is 0. The lowest BCUT2D eigenvalue weighted by molar-refractivity contribution is -0.111. The minimum atomic E-state index is -0.397. The highest BCUT2D eigenvalue weighted by atomic mass is 16.5. The lowest BCUT2D eigenvalue weighted by atomic mass is 10.1. The molecule has 3 aromatic carbocycles. The number of methoxy groups -OCH3 is 4. The highest BCUT2D eigenvalue weighted by Gasteiger charge is 2.13. The quantitative estimate of drug-likeness (QED) is 0.312. The topological polar surface area (TPSA) is 121 Å². The highest BCUT2D eigenvalue weighted by molar-refractivity contribution is 6.06. The van der Waals surface area contributed by atoms with Gasteiger partial charge in [-0.3, -0.25) is 9.59 Å². The van der Waals surface area contributed by atoms with E-state index in [1.165, 1.54) is 27.4 Å². The summed E-state index contributed by atoms with van der Waals surface area (Å²) < 4.78 is 21.4. The monoisotopic (exact) mass is 477 g/mol. The van der Waals surface area contributed by atoms with Gasteiger partial charge in [-0.2, -0.15) is 0 Å². The molecule has 0 aliphatic rings. The van der Waals surface area contributed by atoms with Crippen LogP contribution < -0.4 is 35.3 Å². The second-order valence-corrected chi connectivity index (χ2v) is 7.26. The summed E-state index contributed by atoms with van der Waals surface area (Å²) in [6.45, 7) is 0. The van der Waals surface area contributed by atoms with E-state index in [-0.39, 0.29) is 5.91 Å². The number of carbonyl (C=O) groups excluding carboxylic acids is 2. The number of hydrogen-bond acceptors (Lipinski definition) is 7. The van der Waals surface area contributed by atoms with Crippen molar-refractivity contribution in [2.24, 2.45) is 0 Å². The number of benzene rings is 3. The second kappa shape index (κ2) is 11.5. The smallest absolute Gasteiger partial charge is 0.255 e. The summed E-state index contributed by atoms with van der Waals surface area (Å²) in [7, 11) is 6.07.